The number of anilines is 1. The van der Waals surface area contributed by atoms with Crippen LogP contribution in [0.1, 0.15) is 0 Å². The molecule has 0 amide bonds. The van der Waals surface area contributed by atoms with Gasteiger partial charge in [0.15, 0.2) is 0 Å². The first-order valence-corrected chi connectivity index (χ1v) is 4.88. The first-order valence-electron chi connectivity index (χ1n) is 4.09. The van der Waals surface area contributed by atoms with Gasteiger partial charge in [-0.2, -0.15) is 0 Å². The van der Waals surface area contributed by atoms with Crippen LogP contribution in [-0.2, 0) is 0 Å². The molecule has 2 aromatic rings. The predicted octanol–water partition coefficient (Wildman–Crippen LogP) is 2.49. The molecule has 0 saturated heterocycles. The Hall–Kier alpha value is -1.42. The van der Waals surface area contributed by atoms with Gasteiger partial charge in [0.2, 0.25) is 0 Å². The number of nitrogens with zero attached hydrogens (tertiary/aromatic N) is 2. The zero-order chi connectivity index (χ0) is 9.97. The molecule has 14 heavy (non-hydrogen) atoms. The fourth-order valence-corrected chi connectivity index (χ4v) is 1.47. The van der Waals surface area contributed by atoms with E-state index in [1.54, 1.807) is 24.5 Å². The van der Waals surface area contributed by atoms with Gasteiger partial charge < -0.3 is 5.73 Å². The van der Waals surface area contributed by atoms with Gasteiger partial charge in [-0.3, -0.25) is 9.97 Å². The van der Waals surface area contributed by atoms with Crippen LogP contribution in [0.2, 0.25) is 0 Å². The Bertz CT molecular complexity index is 413. The number of hydrogen-bond donors (Lipinski definition) is 1. The summed E-state index contributed by atoms with van der Waals surface area (Å²) in [6, 6.07) is 7.33. The lowest BCUT2D eigenvalue weighted by atomic mass is 10.2. The highest BCUT2D eigenvalue weighted by atomic mass is 79.9. The second-order valence-electron chi connectivity index (χ2n) is 2.83. The van der Waals surface area contributed by atoms with Crippen LogP contribution in [0.15, 0.2) is 41.1 Å². The number of nitrogens with two attached hydrogens (primary N) is 1. The fraction of sp³-hybridized carbons (Fsp3) is 0. The molecule has 0 aliphatic heterocycles. The Morgan fingerprint density at radius 1 is 1.00 bits per heavy atom. The van der Waals surface area contributed by atoms with Crippen LogP contribution in [-0.4, -0.2) is 9.97 Å². The summed E-state index contributed by atoms with van der Waals surface area (Å²) in [6.07, 6.45) is 3.40. The van der Waals surface area contributed by atoms with Crippen molar-refractivity contribution in [1.82, 2.24) is 9.97 Å². The number of pyridine rings is 2. The first-order chi connectivity index (χ1) is 6.75. The van der Waals surface area contributed by atoms with Gasteiger partial charge in [0, 0.05) is 22.6 Å². The van der Waals surface area contributed by atoms with Crippen molar-refractivity contribution in [3.05, 3.63) is 41.1 Å². The average molecular weight is 250 g/mol. The molecule has 0 radical (unpaired) electrons. The van der Waals surface area contributed by atoms with E-state index in [-0.39, 0.29) is 0 Å². The Morgan fingerprint density at radius 2 is 1.64 bits per heavy atom. The zero-order valence-electron chi connectivity index (χ0n) is 7.31. The van der Waals surface area contributed by atoms with Gasteiger partial charge in [-0.1, -0.05) is 15.9 Å². The maximum absolute atomic E-state index is 5.65. The monoisotopic (exact) mass is 249 g/mol. The second-order valence-corrected chi connectivity index (χ2v) is 3.75. The van der Waals surface area contributed by atoms with Gasteiger partial charge in [0.05, 0.1) is 11.4 Å². The molecule has 2 aromatic heterocycles. The molecule has 4 heteroatoms. The topological polar surface area (TPSA) is 51.8 Å². The van der Waals surface area contributed by atoms with Gasteiger partial charge in [0.1, 0.15) is 0 Å². The Kier molecular flexibility index (Phi) is 2.45. The maximum atomic E-state index is 5.65. The molecule has 0 aliphatic carbocycles. The van der Waals surface area contributed by atoms with E-state index in [2.05, 4.69) is 25.9 Å². The molecule has 0 atom stereocenters. The number of halogens is 1. The van der Waals surface area contributed by atoms with E-state index >= 15 is 0 Å². The molecule has 0 fully saturated rings. The van der Waals surface area contributed by atoms with Crippen LogP contribution in [0.5, 0.6) is 0 Å². The van der Waals surface area contributed by atoms with Gasteiger partial charge in [0.25, 0.3) is 0 Å². The summed E-state index contributed by atoms with van der Waals surface area (Å²) in [5.41, 5.74) is 7.94. The minimum Gasteiger partial charge on any atom is -0.399 e. The number of nitrogen functional groups attached to an aromatic ring is 1. The van der Waals surface area contributed by atoms with E-state index in [1.807, 2.05) is 12.1 Å². The minimum atomic E-state index is 0.691. The summed E-state index contributed by atoms with van der Waals surface area (Å²) in [5, 5.41) is 0. The molecule has 0 spiro atoms. The third-order valence-corrected chi connectivity index (χ3v) is 2.26. The van der Waals surface area contributed by atoms with Crippen molar-refractivity contribution < 1.29 is 0 Å². The van der Waals surface area contributed by atoms with Crippen molar-refractivity contribution >= 4 is 21.6 Å². The van der Waals surface area contributed by atoms with Crippen LogP contribution in [0.25, 0.3) is 11.4 Å². The van der Waals surface area contributed by atoms with Crippen LogP contribution in [0.4, 0.5) is 5.69 Å². The summed E-state index contributed by atoms with van der Waals surface area (Å²) in [4.78, 5) is 8.39. The lowest BCUT2D eigenvalue weighted by Gasteiger charge is -2.00. The third kappa shape index (κ3) is 1.90. The highest BCUT2D eigenvalue weighted by molar-refractivity contribution is 9.10. The predicted molar refractivity (Wildman–Crippen MR) is 59.6 cm³/mol. The Balaban J connectivity index is 2.49. The van der Waals surface area contributed by atoms with E-state index < -0.39 is 0 Å². The van der Waals surface area contributed by atoms with Crippen molar-refractivity contribution in [2.45, 2.75) is 0 Å². The van der Waals surface area contributed by atoms with E-state index in [0.717, 1.165) is 15.9 Å². The molecule has 70 valence electrons. The van der Waals surface area contributed by atoms with Gasteiger partial charge in [-0.25, -0.2) is 0 Å². The summed E-state index contributed by atoms with van der Waals surface area (Å²) >= 11 is 3.38. The Labute approximate surface area is 90.1 Å². The molecular formula is C10H8BrN3. The molecule has 0 unspecified atom stereocenters. The molecule has 2 rings (SSSR count). The van der Waals surface area contributed by atoms with Crippen LogP contribution in [0, 0.1) is 0 Å². The third-order valence-electron chi connectivity index (χ3n) is 1.77. The summed E-state index contributed by atoms with van der Waals surface area (Å²) in [6.45, 7) is 0. The molecule has 0 aliphatic rings. The minimum absolute atomic E-state index is 0.691. The number of aromatic nitrogens is 2. The highest BCUT2D eigenvalue weighted by Gasteiger charge is 2.00. The highest BCUT2D eigenvalue weighted by Crippen LogP contribution is 2.19. The van der Waals surface area contributed by atoms with Crippen molar-refractivity contribution in [2.24, 2.45) is 0 Å². The van der Waals surface area contributed by atoms with E-state index in [4.69, 9.17) is 5.73 Å². The van der Waals surface area contributed by atoms with Gasteiger partial charge in [-0.05, 0) is 24.3 Å². The van der Waals surface area contributed by atoms with E-state index in [9.17, 15) is 0 Å². The molecule has 2 heterocycles. The molecule has 3 nitrogen and oxygen atoms in total. The average Bonchev–Trinajstić information content (AvgIpc) is 2.18. The zero-order valence-corrected chi connectivity index (χ0v) is 8.90. The van der Waals surface area contributed by atoms with Crippen LogP contribution < -0.4 is 5.73 Å². The van der Waals surface area contributed by atoms with Gasteiger partial charge in [-0.15, -0.1) is 0 Å². The van der Waals surface area contributed by atoms with Crippen molar-refractivity contribution in [3.8, 4) is 11.4 Å². The van der Waals surface area contributed by atoms with Crippen LogP contribution >= 0.6 is 15.9 Å². The molecule has 0 aromatic carbocycles. The molecular weight excluding hydrogens is 242 g/mol. The second kappa shape index (κ2) is 3.75. The Morgan fingerprint density at radius 3 is 2.29 bits per heavy atom. The fourth-order valence-electron chi connectivity index (χ4n) is 1.13. The maximum Gasteiger partial charge on any atom is 0.0906 e. The molecule has 0 bridgehead atoms. The molecule has 0 saturated carbocycles. The smallest absolute Gasteiger partial charge is 0.0906 e. The van der Waals surface area contributed by atoms with Crippen molar-refractivity contribution in [3.63, 3.8) is 0 Å². The molecule has 2 N–H and O–H groups in total. The summed E-state index contributed by atoms with van der Waals surface area (Å²) in [7, 11) is 0. The quantitative estimate of drug-likeness (QED) is 0.845. The van der Waals surface area contributed by atoms with Crippen LogP contribution in [0.3, 0.4) is 0 Å². The normalized spacial score (nSPS) is 10.1. The largest absolute Gasteiger partial charge is 0.399 e. The standard InChI is InChI=1S/C10H8BrN3/c11-7-1-3-13-9(5-7)10-6-8(12)2-4-14-10/h1-6H,(H2,12,14). The number of hydrogen-bond acceptors (Lipinski definition) is 3. The van der Waals surface area contributed by atoms with E-state index in [1.165, 1.54) is 0 Å². The van der Waals surface area contributed by atoms with Gasteiger partial charge >= 0.3 is 0 Å². The van der Waals surface area contributed by atoms with Crippen molar-refractivity contribution in [2.75, 3.05) is 5.73 Å². The first kappa shape index (κ1) is 9.15. The number of rotatable bonds is 1. The van der Waals surface area contributed by atoms with E-state index in [0.29, 0.717) is 5.69 Å². The summed E-state index contributed by atoms with van der Waals surface area (Å²) in [5.74, 6) is 0. The lowest BCUT2D eigenvalue weighted by Crippen LogP contribution is -1.90. The summed E-state index contributed by atoms with van der Waals surface area (Å²) < 4.78 is 0.978. The lowest BCUT2D eigenvalue weighted by molar-refractivity contribution is 1.24. The van der Waals surface area contributed by atoms with Crippen molar-refractivity contribution in [1.29, 1.82) is 0 Å². The SMILES string of the molecule is Nc1ccnc(-c2cc(Br)ccn2)c1.